The zero-order chi connectivity index (χ0) is 11.6. The van der Waals surface area contributed by atoms with Gasteiger partial charge in [0.05, 0.1) is 0 Å². The van der Waals surface area contributed by atoms with Crippen LogP contribution in [0.3, 0.4) is 0 Å². The normalized spacial score (nSPS) is 10.1. The molecule has 1 aromatic rings. The average molecular weight is 320 g/mol. The van der Waals surface area contributed by atoms with Gasteiger partial charge in [-0.2, -0.15) is 0 Å². The SMILES string of the molecule is Cc1cc(I)cn(CC(=O)N(C)C)c1=O. The molecular weight excluding hydrogens is 307 g/mol. The van der Waals surface area contributed by atoms with E-state index < -0.39 is 0 Å². The lowest BCUT2D eigenvalue weighted by molar-refractivity contribution is -0.129. The van der Waals surface area contributed by atoms with Crippen LogP contribution in [-0.4, -0.2) is 29.5 Å². The Bertz CT molecular complexity index is 438. The summed E-state index contributed by atoms with van der Waals surface area (Å²) in [6, 6.07) is 1.81. The maximum absolute atomic E-state index is 11.7. The van der Waals surface area contributed by atoms with E-state index in [1.165, 1.54) is 9.47 Å². The molecule has 1 heterocycles. The highest BCUT2D eigenvalue weighted by molar-refractivity contribution is 14.1. The Morgan fingerprint density at radius 3 is 2.67 bits per heavy atom. The lowest BCUT2D eigenvalue weighted by Crippen LogP contribution is -2.32. The first kappa shape index (κ1) is 12.2. The van der Waals surface area contributed by atoms with Gasteiger partial charge in [-0.25, -0.2) is 0 Å². The van der Waals surface area contributed by atoms with Gasteiger partial charge in [-0.05, 0) is 35.6 Å². The van der Waals surface area contributed by atoms with E-state index in [1.54, 1.807) is 33.3 Å². The lowest BCUT2D eigenvalue weighted by atomic mass is 10.3. The first-order chi connectivity index (χ1) is 6.91. The molecule has 0 atom stereocenters. The van der Waals surface area contributed by atoms with Crippen LogP contribution >= 0.6 is 22.6 Å². The molecule has 0 radical (unpaired) electrons. The van der Waals surface area contributed by atoms with Crippen LogP contribution in [-0.2, 0) is 11.3 Å². The lowest BCUT2D eigenvalue weighted by Gasteiger charge is -2.12. The fraction of sp³-hybridized carbons (Fsp3) is 0.400. The zero-order valence-electron chi connectivity index (χ0n) is 8.95. The monoisotopic (exact) mass is 320 g/mol. The van der Waals surface area contributed by atoms with Crippen molar-refractivity contribution in [1.29, 1.82) is 0 Å². The summed E-state index contributed by atoms with van der Waals surface area (Å²) in [5.74, 6) is -0.0847. The number of rotatable bonds is 2. The second-order valence-corrected chi connectivity index (χ2v) is 4.81. The Morgan fingerprint density at radius 1 is 1.53 bits per heavy atom. The van der Waals surface area contributed by atoms with E-state index in [9.17, 15) is 9.59 Å². The molecule has 82 valence electrons. The number of likely N-dealkylation sites (N-methyl/N-ethyl adjacent to an activating group) is 1. The van der Waals surface area contributed by atoms with E-state index in [2.05, 4.69) is 22.6 Å². The Balaban J connectivity index is 3.05. The molecule has 0 N–H and O–H groups in total. The molecule has 0 saturated carbocycles. The maximum Gasteiger partial charge on any atom is 0.253 e. The Hall–Kier alpha value is -0.850. The van der Waals surface area contributed by atoms with Crippen molar-refractivity contribution in [2.45, 2.75) is 13.5 Å². The minimum atomic E-state index is -0.106. The van der Waals surface area contributed by atoms with Gasteiger partial charge < -0.3 is 9.47 Å². The van der Waals surface area contributed by atoms with Crippen molar-refractivity contribution in [3.8, 4) is 0 Å². The number of amides is 1. The summed E-state index contributed by atoms with van der Waals surface area (Å²) in [7, 11) is 3.35. The molecule has 0 fully saturated rings. The van der Waals surface area contributed by atoms with Crippen molar-refractivity contribution in [1.82, 2.24) is 9.47 Å². The van der Waals surface area contributed by atoms with Crippen LogP contribution in [0.1, 0.15) is 5.56 Å². The summed E-state index contributed by atoms with van der Waals surface area (Å²) in [5, 5.41) is 0. The largest absolute Gasteiger partial charge is 0.347 e. The molecule has 0 aromatic carbocycles. The second-order valence-electron chi connectivity index (χ2n) is 3.56. The third-order valence-electron chi connectivity index (χ3n) is 2.04. The highest BCUT2D eigenvalue weighted by atomic mass is 127. The quantitative estimate of drug-likeness (QED) is 0.758. The number of hydrogen-bond acceptors (Lipinski definition) is 2. The van der Waals surface area contributed by atoms with Gasteiger partial charge in [-0.15, -0.1) is 0 Å². The smallest absolute Gasteiger partial charge is 0.253 e. The van der Waals surface area contributed by atoms with Crippen LogP contribution in [0.2, 0.25) is 0 Å². The van der Waals surface area contributed by atoms with Crippen LogP contribution < -0.4 is 5.56 Å². The molecule has 0 saturated heterocycles. The molecule has 0 bridgehead atoms. The molecule has 0 aliphatic carbocycles. The number of pyridine rings is 1. The van der Waals surface area contributed by atoms with Crippen LogP contribution in [0.15, 0.2) is 17.1 Å². The van der Waals surface area contributed by atoms with E-state index in [0.29, 0.717) is 5.56 Å². The zero-order valence-corrected chi connectivity index (χ0v) is 11.1. The molecule has 1 rings (SSSR count). The molecule has 1 amide bonds. The summed E-state index contributed by atoms with van der Waals surface area (Å²) >= 11 is 2.13. The van der Waals surface area contributed by atoms with Gasteiger partial charge in [0.15, 0.2) is 0 Å². The van der Waals surface area contributed by atoms with Crippen molar-refractivity contribution in [3.05, 3.63) is 31.8 Å². The fourth-order valence-corrected chi connectivity index (χ4v) is 1.95. The Morgan fingerprint density at radius 2 is 2.13 bits per heavy atom. The third kappa shape index (κ3) is 3.05. The highest BCUT2D eigenvalue weighted by Gasteiger charge is 2.08. The van der Waals surface area contributed by atoms with Crippen LogP contribution in [0, 0.1) is 10.5 Å². The van der Waals surface area contributed by atoms with Crippen LogP contribution in [0.25, 0.3) is 0 Å². The van der Waals surface area contributed by atoms with Gasteiger partial charge >= 0.3 is 0 Å². The minimum Gasteiger partial charge on any atom is -0.347 e. The van der Waals surface area contributed by atoms with Crippen LogP contribution in [0.4, 0.5) is 0 Å². The Kier molecular flexibility index (Phi) is 3.90. The van der Waals surface area contributed by atoms with E-state index in [0.717, 1.165) is 3.57 Å². The minimum absolute atomic E-state index is 0.0847. The molecule has 5 heteroatoms. The van der Waals surface area contributed by atoms with E-state index in [-0.39, 0.29) is 18.0 Å². The molecule has 0 spiro atoms. The predicted molar refractivity (Wildman–Crippen MR) is 66.9 cm³/mol. The maximum atomic E-state index is 11.7. The highest BCUT2D eigenvalue weighted by Crippen LogP contribution is 2.03. The standard InChI is InChI=1S/C10H13IN2O2/c1-7-4-8(11)5-13(10(7)15)6-9(14)12(2)3/h4-5H,6H2,1-3H3. The number of carbonyl (C=O) groups is 1. The fourth-order valence-electron chi connectivity index (χ4n) is 1.14. The van der Waals surface area contributed by atoms with E-state index in [1.807, 2.05) is 0 Å². The summed E-state index contributed by atoms with van der Waals surface area (Å²) in [4.78, 5) is 24.6. The van der Waals surface area contributed by atoms with Gasteiger partial charge in [0.25, 0.3) is 5.56 Å². The number of carbonyl (C=O) groups excluding carboxylic acids is 1. The number of halogens is 1. The summed E-state index contributed by atoms with van der Waals surface area (Å²) in [6.07, 6.45) is 1.69. The molecule has 0 unspecified atom stereocenters. The molecule has 4 nitrogen and oxygen atoms in total. The van der Waals surface area contributed by atoms with Gasteiger partial charge in [0.1, 0.15) is 6.54 Å². The van der Waals surface area contributed by atoms with E-state index in [4.69, 9.17) is 0 Å². The van der Waals surface area contributed by atoms with Gasteiger partial charge in [-0.1, -0.05) is 0 Å². The van der Waals surface area contributed by atoms with E-state index >= 15 is 0 Å². The first-order valence-corrected chi connectivity index (χ1v) is 5.56. The molecule has 15 heavy (non-hydrogen) atoms. The van der Waals surface area contributed by atoms with Crippen molar-refractivity contribution in [2.24, 2.45) is 0 Å². The van der Waals surface area contributed by atoms with Gasteiger partial charge in [0.2, 0.25) is 5.91 Å². The first-order valence-electron chi connectivity index (χ1n) is 4.48. The average Bonchev–Trinajstić information content (AvgIpc) is 2.13. The second kappa shape index (κ2) is 4.78. The molecule has 0 aliphatic heterocycles. The van der Waals surface area contributed by atoms with Gasteiger partial charge in [-0.3, -0.25) is 9.59 Å². The van der Waals surface area contributed by atoms with Crippen molar-refractivity contribution < 1.29 is 4.79 Å². The number of aromatic nitrogens is 1. The Labute approximate surface area is 102 Å². The predicted octanol–water partition coefficient (Wildman–Crippen LogP) is 0.850. The topological polar surface area (TPSA) is 42.3 Å². The molecular formula is C10H13IN2O2. The summed E-state index contributed by atoms with van der Waals surface area (Å²) < 4.78 is 2.40. The number of nitrogens with zero attached hydrogens (tertiary/aromatic N) is 2. The third-order valence-corrected chi connectivity index (χ3v) is 2.63. The van der Waals surface area contributed by atoms with Crippen molar-refractivity contribution >= 4 is 28.5 Å². The number of aryl methyl sites for hydroxylation is 1. The van der Waals surface area contributed by atoms with Crippen molar-refractivity contribution in [2.75, 3.05) is 14.1 Å². The summed E-state index contributed by atoms with van der Waals surface area (Å²) in [6.45, 7) is 1.85. The van der Waals surface area contributed by atoms with Gasteiger partial charge in [0, 0.05) is 29.4 Å². The molecule has 1 aromatic heterocycles. The number of hydrogen-bond donors (Lipinski definition) is 0. The summed E-state index contributed by atoms with van der Waals surface area (Å²) in [5.41, 5.74) is 0.555. The van der Waals surface area contributed by atoms with Crippen molar-refractivity contribution in [3.63, 3.8) is 0 Å². The van der Waals surface area contributed by atoms with Crippen LogP contribution in [0.5, 0.6) is 0 Å². The molecule has 0 aliphatic rings.